The Morgan fingerprint density at radius 3 is 2.47 bits per heavy atom. The first kappa shape index (κ1) is 13.6. The second-order valence-electron chi connectivity index (χ2n) is 4.32. The fourth-order valence-electron chi connectivity index (χ4n) is 1.97. The highest BCUT2D eigenvalue weighted by atomic mass is 16.5. The fourth-order valence-corrected chi connectivity index (χ4v) is 1.97. The molecule has 3 heteroatoms. The second-order valence-corrected chi connectivity index (χ2v) is 4.32. The number of aliphatic carboxylic acids is 1. The van der Waals surface area contributed by atoms with E-state index in [-0.39, 0.29) is 5.92 Å². The molecule has 0 saturated heterocycles. The average Bonchev–Trinajstić information content (AvgIpc) is 2.30. The third kappa shape index (κ3) is 2.99. The van der Waals surface area contributed by atoms with E-state index in [2.05, 4.69) is 0 Å². The van der Waals surface area contributed by atoms with E-state index in [4.69, 9.17) is 9.84 Å². The highest BCUT2D eigenvalue weighted by Crippen LogP contribution is 2.26. The van der Waals surface area contributed by atoms with Crippen LogP contribution in [0.15, 0.2) is 12.1 Å². The Kier molecular flexibility index (Phi) is 4.55. The molecule has 0 radical (unpaired) electrons. The van der Waals surface area contributed by atoms with Crippen molar-refractivity contribution in [3.05, 3.63) is 28.8 Å². The van der Waals surface area contributed by atoms with E-state index in [0.29, 0.717) is 12.8 Å². The van der Waals surface area contributed by atoms with Gasteiger partial charge in [0.15, 0.2) is 0 Å². The maximum absolute atomic E-state index is 11.0. The molecule has 0 fully saturated rings. The van der Waals surface area contributed by atoms with Gasteiger partial charge in [0.05, 0.1) is 13.0 Å². The number of rotatable bonds is 5. The molecule has 94 valence electrons. The van der Waals surface area contributed by atoms with Crippen LogP contribution in [0.25, 0.3) is 0 Å². The first-order valence-electron chi connectivity index (χ1n) is 5.87. The lowest BCUT2D eigenvalue weighted by Crippen LogP contribution is -2.16. The topological polar surface area (TPSA) is 46.5 Å². The number of methoxy groups -OCH3 is 1. The lowest BCUT2D eigenvalue weighted by molar-refractivity contribution is -0.141. The van der Waals surface area contributed by atoms with Gasteiger partial charge in [0.25, 0.3) is 0 Å². The molecular formula is C14H20O3. The van der Waals surface area contributed by atoms with Gasteiger partial charge in [-0.25, -0.2) is 0 Å². The number of carboxylic acid groups (broad SMARTS) is 1. The van der Waals surface area contributed by atoms with Crippen molar-refractivity contribution in [3.63, 3.8) is 0 Å². The normalized spacial score (nSPS) is 12.2. The first-order valence-corrected chi connectivity index (χ1v) is 5.87. The van der Waals surface area contributed by atoms with Crippen molar-refractivity contribution in [2.45, 2.75) is 33.6 Å². The zero-order valence-corrected chi connectivity index (χ0v) is 10.9. The molecular weight excluding hydrogens is 216 g/mol. The molecule has 17 heavy (non-hydrogen) atoms. The Hall–Kier alpha value is -1.51. The van der Waals surface area contributed by atoms with Crippen LogP contribution in [-0.2, 0) is 11.2 Å². The molecule has 0 aliphatic rings. The lowest BCUT2D eigenvalue weighted by Gasteiger charge is -2.15. The average molecular weight is 236 g/mol. The molecule has 1 unspecified atom stereocenters. The third-order valence-electron chi connectivity index (χ3n) is 3.38. The standard InChI is InChI=1S/C14H20O3/c1-5-11(14(15)16)8-12-6-7-13(17-4)10(3)9(12)2/h6-7,11H,5,8H2,1-4H3,(H,15,16). The molecule has 1 aromatic rings. The smallest absolute Gasteiger partial charge is 0.306 e. The molecule has 1 rings (SSSR count). The summed E-state index contributed by atoms with van der Waals surface area (Å²) in [7, 11) is 1.65. The van der Waals surface area contributed by atoms with Gasteiger partial charge in [-0.15, -0.1) is 0 Å². The van der Waals surface area contributed by atoms with E-state index >= 15 is 0 Å². The second kappa shape index (κ2) is 5.71. The minimum absolute atomic E-state index is 0.304. The third-order valence-corrected chi connectivity index (χ3v) is 3.38. The van der Waals surface area contributed by atoms with E-state index in [0.717, 1.165) is 22.4 Å². The first-order chi connectivity index (χ1) is 8.01. The molecule has 0 heterocycles. The Labute approximate surface area is 102 Å². The van der Waals surface area contributed by atoms with Gasteiger partial charge in [-0.3, -0.25) is 4.79 Å². The van der Waals surface area contributed by atoms with Crippen molar-refractivity contribution in [2.75, 3.05) is 7.11 Å². The summed E-state index contributed by atoms with van der Waals surface area (Å²) in [5, 5.41) is 9.07. The minimum Gasteiger partial charge on any atom is -0.496 e. The van der Waals surface area contributed by atoms with Crippen molar-refractivity contribution in [3.8, 4) is 5.75 Å². The molecule has 3 nitrogen and oxygen atoms in total. The van der Waals surface area contributed by atoms with Gasteiger partial charge in [-0.05, 0) is 49.4 Å². The predicted molar refractivity (Wildman–Crippen MR) is 67.6 cm³/mol. The fraction of sp³-hybridized carbons (Fsp3) is 0.500. The number of benzene rings is 1. The van der Waals surface area contributed by atoms with E-state index in [1.54, 1.807) is 7.11 Å². The van der Waals surface area contributed by atoms with Crippen LogP contribution in [-0.4, -0.2) is 18.2 Å². The summed E-state index contributed by atoms with van der Waals surface area (Å²) < 4.78 is 5.24. The van der Waals surface area contributed by atoms with Crippen LogP contribution in [0.2, 0.25) is 0 Å². The van der Waals surface area contributed by atoms with E-state index in [1.807, 2.05) is 32.9 Å². The molecule has 0 aliphatic heterocycles. The van der Waals surface area contributed by atoms with Gasteiger partial charge in [0.2, 0.25) is 0 Å². The van der Waals surface area contributed by atoms with Gasteiger partial charge in [-0.2, -0.15) is 0 Å². The van der Waals surface area contributed by atoms with Crippen LogP contribution in [0, 0.1) is 19.8 Å². The Morgan fingerprint density at radius 1 is 1.35 bits per heavy atom. The van der Waals surface area contributed by atoms with Gasteiger partial charge in [0.1, 0.15) is 5.75 Å². The van der Waals surface area contributed by atoms with Crippen LogP contribution >= 0.6 is 0 Å². The quantitative estimate of drug-likeness (QED) is 0.855. The van der Waals surface area contributed by atoms with Crippen LogP contribution in [0.5, 0.6) is 5.75 Å². The van der Waals surface area contributed by atoms with Crippen LogP contribution in [0.1, 0.15) is 30.0 Å². The van der Waals surface area contributed by atoms with Gasteiger partial charge in [-0.1, -0.05) is 13.0 Å². The van der Waals surface area contributed by atoms with Gasteiger partial charge >= 0.3 is 5.97 Å². The number of ether oxygens (including phenoxy) is 1. The summed E-state index contributed by atoms with van der Waals surface area (Å²) in [4.78, 5) is 11.0. The maximum atomic E-state index is 11.0. The largest absolute Gasteiger partial charge is 0.496 e. The highest BCUT2D eigenvalue weighted by Gasteiger charge is 2.17. The van der Waals surface area contributed by atoms with Crippen LogP contribution in [0.4, 0.5) is 0 Å². The molecule has 0 amide bonds. The van der Waals surface area contributed by atoms with E-state index < -0.39 is 5.97 Å². The molecule has 0 spiro atoms. The van der Waals surface area contributed by atoms with Crippen molar-refractivity contribution in [1.29, 1.82) is 0 Å². The van der Waals surface area contributed by atoms with Crippen molar-refractivity contribution >= 4 is 5.97 Å². The predicted octanol–water partition coefficient (Wildman–Crippen LogP) is 2.97. The number of carboxylic acids is 1. The lowest BCUT2D eigenvalue weighted by atomic mass is 9.92. The van der Waals surface area contributed by atoms with Crippen molar-refractivity contribution in [2.24, 2.45) is 5.92 Å². The molecule has 0 aliphatic carbocycles. The molecule has 0 aromatic heterocycles. The highest BCUT2D eigenvalue weighted by molar-refractivity contribution is 5.70. The molecule has 1 N–H and O–H groups in total. The Balaban J connectivity index is 3.00. The SMILES string of the molecule is CCC(Cc1ccc(OC)c(C)c1C)C(=O)O. The molecule has 0 saturated carbocycles. The molecule has 1 atom stereocenters. The van der Waals surface area contributed by atoms with Gasteiger partial charge < -0.3 is 9.84 Å². The van der Waals surface area contributed by atoms with Crippen LogP contribution < -0.4 is 4.74 Å². The minimum atomic E-state index is -0.722. The maximum Gasteiger partial charge on any atom is 0.306 e. The van der Waals surface area contributed by atoms with E-state index in [1.165, 1.54) is 0 Å². The summed E-state index contributed by atoms with van der Waals surface area (Å²) >= 11 is 0. The molecule has 1 aromatic carbocycles. The van der Waals surface area contributed by atoms with Gasteiger partial charge in [0, 0.05) is 0 Å². The summed E-state index contributed by atoms with van der Waals surface area (Å²) in [6.07, 6.45) is 1.24. The summed E-state index contributed by atoms with van der Waals surface area (Å²) in [6, 6.07) is 3.87. The number of carbonyl (C=O) groups is 1. The Morgan fingerprint density at radius 2 is 2.00 bits per heavy atom. The zero-order chi connectivity index (χ0) is 13.0. The van der Waals surface area contributed by atoms with Crippen LogP contribution in [0.3, 0.4) is 0 Å². The van der Waals surface area contributed by atoms with Crippen molar-refractivity contribution < 1.29 is 14.6 Å². The summed E-state index contributed by atoms with van der Waals surface area (Å²) in [5.41, 5.74) is 3.31. The number of hydrogen-bond acceptors (Lipinski definition) is 2. The molecule has 0 bridgehead atoms. The zero-order valence-electron chi connectivity index (χ0n) is 10.9. The summed E-state index contributed by atoms with van der Waals surface area (Å²) in [5.74, 6) is -0.170. The Bertz CT molecular complexity index is 410. The van der Waals surface area contributed by atoms with Crippen molar-refractivity contribution in [1.82, 2.24) is 0 Å². The summed E-state index contributed by atoms with van der Waals surface area (Å²) in [6.45, 7) is 5.92. The monoisotopic (exact) mass is 236 g/mol. The van der Waals surface area contributed by atoms with E-state index in [9.17, 15) is 4.79 Å². The number of hydrogen-bond donors (Lipinski definition) is 1.